The lowest BCUT2D eigenvalue weighted by Gasteiger charge is -2.04. The molecule has 0 saturated heterocycles. The summed E-state index contributed by atoms with van der Waals surface area (Å²) in [5.74, 6) is -0.106. The number of amides is 1. The Labute approximate surface area is 78.3 Å². The lowest BCUT2D eigenvalue weighted by Crippen LogP contribution is -2.08. The van der Waals surface area contributed by atoms with Crippen molar-refractivity contribution in [3.05, 3.63) is 42.0 Å². The molecule has 1 radical (unpaired) electrons. The van der Waals surface area contributed by atoms with Crippen LogP contribution >= 0.6 is 0 Å². The molecule has 0 fully saturated rings. The summed E-state index contributed by atoms with van der Waals surface area (Å²) in [7, 11) is 0. The van der Waals surface area contributed by atoms with Gasteiger partial charge in [0.25, 0.3) is 0 Å². The molecular weight excluding hydrogens is 162 g/mol. The molecule has 0 heterocycles. The van der Waals surface area contributed by atoms with Gasteiger partial charge in [-0.1, -0.05) is 18.2 Å². The molecule has 13 heavy (non-hydrogen) atoms. The number of benzene rings is 1. The first-order valence-corrected chi connectivity index (χ1v) is 4.14. The van der Waals surface area contributed by atoms with Crippen molar-refractivity contribution in [2.75, 3.05) is 5.32 Å². The average Bonchev–Trinajstić information content (AvgIpc) is 2.09. The summed E-state index contributed by atoms with van der Waals surface area (Å²) in [6.45, 7) is 3.75. The van der Waals surface area contributed by atoms with Crippen molar-refractivity contribution in [1.82, 2.24) is 0 Å². The summed E-state index contributed by atoms with van der Waals surface area (Å²) in [6, 6.07) is 8.40. The molecule has 1 amide bonds. The Hall–Kier alpha value is -1.57. The van der Waals surface area contributed by atoms with Crippen LogP contribution in [0.1, 0.15) is 12.5 Å². The van der Waals surface area contributed by atoms with Gasteiger partial charge in [0.1, 0.15) is 0 Å². The predicted molar refractivity (Wildman–Crippen MR) is 53.5 cm³/mol. The largest absolute Gasteiger partial charge is 0.322 e. The Kier molecular flexibility index (Phi) is 3.26. The van der Waals surface area contributed by atoms with Crippen LogP contribution < -0.4 is 5.32 Å². The number of aryl methyl sites for hydroxylation is 1. The van der Waals surface area contributed by atoms with E-state index in [4.69, 9.17) is 0 Å². The van der Waals surface area contributed by atoms with Crippen LogP contribution in [0.5, 0.6) is 0 Å². The van der Waals surface area contributed by atoms with Gasteiger partial charge >= 0.3 is 0 Å². The van der Waals surface area contributed by atoms with Gasteiger partial charge in [0.2, 0.25) is 5.91 Å². The molecule has 2 heteroatoms. The molecule has 1 N–H and O–H groups in total. The van der Waals surface area contributed by atoms with E-state index in [-0.39, 0.29) is 5.91 Å². The minimum Gasteiger partial charge on any atom is -0.322 e. The van der Waals surface area contributed by atoms with Gasteiger partial charge in [-0.05, 0) is 37.6 Å². The molecule has 0 unspecified atom stereocenters. The number of rotatable bonds is 2. The van der Waals surface area contributed by atoms with E-state index in [1.54, 1.807) is 12.1 Å². The summed E-state index contributed by atoms with van der Waals surface area (Å²) in [5.41, 5.74) is 1.85. The molecule has 0 spiro atoms. The average molecular weight is 174 g/mol. The summed E-state index contributed by atoms with van der Waals surface area (Å²) >= 11 is 0. The molecule has 67 valence electrons. The molecular formula is C11H12NO. The van der Waals surface area contributed by atoms with Gasteiger partial charge in [-0.15, -0.1) is 0 Å². The minimum absolute atomic E-state index is 0.106. The van der Waals surface area contributed by atoms with Gasteiger partial charge in [-0.25, -0.2) is 0 Å². The number of carbonyl (C=O) groups excluding carboxylic acids is 1. The first-order chi connectivity index (χ1) is 6.24. The van der Waals surface area contributed by atoms with Crippen molar-refractivity contribution in [2.45, 2.75) is 13.8 Å². The third kappa shape index (κ3) is 2.75. The molecule has 0 aliphatic rings. The number of allylic oxidation sites excluding steroid dienone is 1. The summed E-state index contributed by atoms with van der Waals surface area (Å²) in [6.07, 6.45) is 3.20. The highest BCUT2D eigenvalue weighted by atomic mass is 16.1. The number of anilines is 1. The van der Waals surface area contributed by atoms with Gasteiger partial charge in [0.05, 0.1) is 0 Å². The van der Waals surface area contributed by atoms with E-state index in [1.807, 2.05) is 26.0 Å². The molecule has 0 aliphatic carbocycles. The van der Waals surface area contributed by atoms with E-state index in [0.717, 1.165) is 11.3 Å². The van der Waals surface area contributed by atoms with Gasteiger partial charge < -0.3 is 5.32 Å². The Morgan fingerprint density at radius 3 is 3.00 bits per heavy atom. The van der Waals surface area contributed by atoms with Crippen LogP contribution in [0.3, 0.4) is 0 Å². The highest BCUT2D eigenvalue weighted by molar-refractivity contribution is 5.99. The minimum atomic E-state index is -0.106. The molecule has 1 rings (SSSR count). The highest BCUT2D eigenvalue weighted by Crippen LogP contribution is 2.12. The number of hydrogen-bond acceptors (Lipinski definition) is 1. The number of carbonyl (C=O) groups is 1. The fraction of sp³-hybridized carbons (Fsp3) is 0.182. The van der Waals surface area contributed by atoms with Crippen molar-refractivity contribution in [3.8, 4) is 0 Å². The van der Waals surface area contributed by atoms with E-state index in [0.29, 0.717) is 0 Å². The third-order valence-electron chi connectivity index (χ3n) is 1.66. The third-order valence-corrected chi connectivity index (χ3v) is 1.66. The lowest BCUT2D eigenvalue weighted by molar-refractivity contribution is -0.111. The number of hydrogen-bond donors (Lipinski definition) is 1. The molecule has 0 bridgehead atoms. The maximum absolute atomic E-state index is 11.2. The molecule has 0 aromatic heterocycles. The van der Waals surface area contributed by atoms with Crippen LogP contribution in [-0.2, 0) is 4.79 Å². The van der Waals surface area contributed by atoms with Crippen LogP contribution in [0.15, 0.2) is 30.4 Å². The quantitative estimate of drug-likeness (QED) is 0.685. The van der Waals surface area contributed by atoms with Crippen molar-refractivity contribution >= 4 is 11.6 Å². The van der Waals surface area contributed by atoms with Gasteiger partial charge in [-0.3, -0.25) is 4.79 Å². The summed E-state index contributed by atoms with van der Waals surface area (Å²) in [5, 5.41) is 2.75. The Morgan fingerprint density at radius 2 is 2.38 bits per heavy atom. The van der Waals surface area contributed by atoms with Crippen LogP contribution in [0.4, 0.5) is 5.69 Å². The molecule has 2 nitrogen and oxygen atoms in total. The SMILES string of the molecule is CC=CC(=O)Nc1c[c]ccc1C. The van der Waals surface area contributed by atoms with Crippen LogP contribution in [-0.4, -0.2) is 5.91 Å². The van der Waals surface area contributed by atoms with E-state index < -0.39 is 0 Å². The second kappa shape index (κ2) is 4.45. The normalized spacial score (nSPS) is 10.3. The highest BCUT2D eigenvalue weighted by Gasteiger charge is 1.98. The standard InChI is InChI=1S/C11H12NO/c1-3-6-11(13)12-10-8-5-4-7-9(10)2/h3-4,6-8H,1-2H3,(H,12,13). The van der Waals surface area contributed by atoms with E-state index in [9.17, 15) is 4.79 Å². The smallest absolute Gasteiger partial charge is 0.248 e. The lowest BCUT2D eigenvalue weighted by atomic mass is 10.2. The fourth-order valence-electron chi connectivity index (χ4n) is 0.969. The maximum atomic E-state index is 11.2. The summed E-state index contributed by atoms with van der Waals surface area (Å²) < 4.78 is 0. The fourth-order valence-corrected chi connectivity index (χ4v) is 0.969. The van der Waals surface area contributed by atoms with Crippen LogP contribution in [0.2, 0.25) is 0 Å². The monoisotopic (exact) mass is 174 g/mol. The van der Waals surface area contributed by atoms with E-state index in [1.165, 1.54) is 6.08 Å². The van der Waals surface area contributed by atoms with Crippen molar-refractivity contribution < 1.29 is 4.79 Å². The molecule has 1 aromatic rings. The first kappa shape index (κ1) is 9.52. The van der Waals surface area contributed by atoms with E-state index in [2.05, 4.69) is 11.4 Å². The van der Waals surface area contributed by atoms with Crippen LogP contribution in [0.25, 0.3) is 0 Å². The van der Waals surface area contributed by atoms with Gasteiger partial charge in [0.15, 0.2) is 0 Å². The van der Waals surface area contributed by atoms with Gasteiger partial charge in [-0.2, -0.15) is 0 Å². The second-order valence-corrected chi connectivity index (χ2v) is 2.73. The number of nitrogens with one attached hydrogen (secondary N) is 1. The topological polar surface area (TPSA) is 29.1 Å². The first-order valence-electron chi connectivity index (χ1n) is 4.14. The van der Waals surface area contributed by atoms with Gasteiger partial charge in [0, 0.05) is 5.69 Å². The van der Waals surface area contributed by atoms with Crippen molar-refractivity contribution in [2.24, 2.45) is 0 Å². The van der Waals surface area contributed by atoms with E-state index >= 15 is 0 Å². The Morgan fingerprint density at radius 1 is 1.62 bits per heavy atom. The maximum Gasteiger partial charge on any atom is 0.248 e. The Balaban J connectivity index is 2.74. The zero-order chi connectivity index (χ0) is 9.68. The van der Waals surface area contributed by atoms with Crippen LogP contribution in [0, 0.1) is 13.0 Å². The molecule has 0 atom stereocenters. The molecule has 0 aliphatic heterocycles. The van der Waals surface area contributed by atoms with Crippen molar-refractivity contribution in [1.29, 1.82) is 0 Å². The second-order valence-electron chi connectivity index (χ2n) is 2.73. The molecule has 0 saturated carbocycles. The Bertz CT molecular complexity index is 329. The summed E-state index contributed by atoms with van der Waals surface area (Å²) in [4.78, 5) is 11.2. The zero-order valence-corrected chi connectivity index (χ0v) is 7.79. The predicted octanol–water partition coefficient (Wildman–Crippen LogP) is 2.31. The zero-order valence-electron chi connectivity index (χ0n) is 7.79. The molecule has 1 aromatic carbocycles. The van der Waals surface area contributed by atoms with Crippen molar-refractivity contribution in [3.63, 3.8) is 0 Å².